The largest absolute Gasteiger partial charge is 0.350 e. The number of thiazole rings is 1. The van der Waals surface area contributed by atoms with Gasteiger partial charge in [0.15, 0.2) is 0 Å². The number of amides is 1. The molecule has 1 heterocycles. The summed E-state index contributed by atoms with van der Waals surface area (Å²) in [6, 6.07) is 0. The molecule has 0 saturated carbocycles. The zero-order chi connectivity index (χ0) is 11.3. The molecule has 5 heteroatoms. The smallest absolute Gasteiger partial charge is 0.263 e. The number of alkyl halides is 1. The van der Waals surface area contributed by atoms with E-state index in [4.69, 9.17) is 0 Å². The molecule has 1 N–H and O–H groups in total. The number of nitrogens with zero attached hydrogens (tertiary/aromatic N) is 1. The van der Waals surface area contributed by atoms with Gasteiger partial charge in [-0.15, -0.1) is 11.3 Å². The van der Waals surface area contributed by atoms with Crippen LogP contribution in [0.5, 0.6) is 0 Å². The minimum Gasteiger partial charge on any atom is -0.350 e. The average Bonchev–Trinajstić information content (AvgIpc) is 2.65. The van der Waals surface area contributed by atoms with Crippen molar-refractivity contribution >= 4 is 33.2 Å². The van der Waals surface area contributed by atoms with Gasteiger partial charge in [0.1, 0.15) is 4.88 Å². The highest BCUT2D eigenvalue weighted by molar-refractivity contribution is 9.09. The Morgan fingerprint density at radius 1 is 1.67 bits per heavy atom. The van der Waals surface area contributed by atoms with E-state index in [-0.39, 0.29) is 5.91 Å². The number of halogens is 1. The Bertz CT molecular complexity index is 300. The van der Waals surface area contributed by atoms with Crippen LogP contribution in [0.15, 0.2) is 11.7 Å². The zero-order valence-corrected chi connectivity index (χ0v) is 11.3. The monoisotopic (exact) mass is 290 g/mol. The topological polar surface area (TPSA) is 42.0 Å². The first-order valence-corrected chi connectivity index (χ1v) is 6.70. The number of hydrogen-bond acceptors (Lipinski definition) is 3. The fourth-order valence-corrected chi connectivity index (χ4v) is 2.66. The predicted octanol–water partition coefficient (Wildman–Crippen LogP) is 2.68. The molecule has 15 heavy (non-hydrogen) atoms. The number of hydrogen-bond donors (Lipinski definition) is 1. The molecule has 0 spiro atoms. The number of carbonyl (C=O) groups is 1. The number of nitrogens with one attached hydrogen (secondary N) is 1. The lowest BCUT2D eigenvalue weighted by Crippen LogP contribution is -2.29. The van der Waals surface area contributed by atoms with Crippen molar-refractivity contribution in [2.45, 2.75) is 25.1 Å². The second-order valence-corrected chi connectivity index (χ2v) is 5.98. The summed E-state index contributed by atoms with van der Waals surface area (Å²) < 4.78 is 0. The van der Waals surface area contributed by atoms with E-state index in [0.717, 1.165) is 6.42 Å². The van der Waals surface area contributed by atoms with E-state index in [9.17, 15) is 4.79 Å². The van der Waals surface area contributed by atoms with Gasteiger partial charge >= 0.3 is 0 Å². The van der Waals surface area contributed by atoms with Gasteiger partial charge in [-0.3, -0.25) is 9.78 Å². The third-order valence-corrected chi connectivity index (χ3v) is 3.34. The van der Waals surface area contributed by atoms with Crippen LogP contribution in [0.25, 0.3) is 0 Å². The summed E-state index contributed by atoms with van der Waals surface area (Å²) in [4.78, 5) is 16.4. The molecule has 3 nitrogen and oxygen atoms in total. The SMILES string of the molecule is CC(C)CC(Br)CNC(=O)c1cncs1. The molecule has 1 aromatic heterocycles. The van der Waals surface area contributed by atoms with Gasteiger partial charge in [-0.1, -0.05) is 29.8 Å². The van der Waals surface area contributed by atoms with Crippen LogP contribution >= 0.6 is 27.3 Å². The molecule has 1 unspecified atom stereocenters. The average molecular weight is 291 g/mol. The van der Waals surface area contributed by atoms with E-state index >= 15 is 0 Å². The molecule has 0 fully saturated rings. The summed E-state index contributed by atoms with van der Waals surface area (Å²) in [5.41, 5.74) is 1.66. The van der Waals surface area contributed by atoms with Crippen LogP contribution in [-0.4, -0.2) is 22.3 Å². The Hall–Kier alpha value is -0.420. The van der Waals surface area contributed by atoms with Gasteiger partial charge in [0.2, 0.25) is 0 Å². The van der Waals surface area contributed by atoms with Crippen molar-refractivity contribution in [3.05, 3.63) is 16.6 Å². The lowest BCUT2D eigenvalue weighted by Gasteiger charge is -2.12. The third-order valence-electron chi connectivity index (χ3n) is 1.87. The summed E-state index contributed by atoms with van der Waals surface area (Å²) in [5, 5.41) is 2.87. The Balaban J connectivity index is 2.28. The van der Waals surface area contributed by atoms with Crippen molar-refractivity contribution < 1.29 is 4.79 Å². The van der Waals surface area contributed by atoms with Crippen LogP contribution < -0.4 is 5.32 Å². The Kier molecular flexibility index (Phi) is 5.25. The maximum atomic E-state index is 11.5. The normalized spacial score (nSPS) is 12.8. The van der Waals surface area contributed by atoms with Crippen LogP contribution in [-0.2, 0) is 0 Å². The molecule has 1 rings (SSSR count). The third kappa shape index (κ3) is 4.75. The van der Waals surface area contributed by atoms with Crippen LogP contribution in [0.1, 0.15) is 29.9 Å². The lowest BCUT2D eigenvalue weighted by atomic mass is 10.1. The van der Waals surface area contributed by atoms with Crippen molar-refractivity contribution in [2.75, 3.05) is 6.54 Å². The second kappa shape index (κ2) is 6.23. The van der Waals surface area contributed by atoms with E-state index in [2.05, 4.69) is 40.1 Å². The van der Waals surface area contributed by atoms with Crippen molar-refractivity contribution in [2.24, 2.45) is 5.92 Å². The summed E-state index contributed by atoms with van der Waals surface area (Å²) in [6.07, 6.45) is 2.65. The first-order valence-electron chi connectivity index (χ1n) is 4.90. The first-order chi connectivity index (χ1) is 7.09. The fourth-order valence-electron chi connectivity index (χ4n) is 1.21. The predicted molar refractivity (Wildman–Crippen MR) is 66.6 cm³/mol. The van der Waals surface area contributed by atoms with Crippen LogP contribution in [0.3, 0.4) is 0 Å². The van der Waals surface area contributed by atoms with Gasteiger partial charge in [-0.05, 0) is 12.3 Å². The maximum Gasteiger partial charge on any atom is 0.263 e. The Morgan fingerprint density at radius 2 is 2.40 bits per heavy atom. The molecule has 1 atom stereocenters. The lowest BCUT2D eigenvalue weighted by molar-refractivity contribution is 0.0957. The van der Waals surface area contributed by atoms with E-state index in [0.29, 0.717) is 22.2 Å². The highest BCUT2D eigenvalue weighted by Crippen LogP contribution is 2.12. The van der Waals surface area contributed by atoms with Crippen molar-refractivity contribution in [3.8, 4) is 0 Å². The number of aromatic nitrogens is 1. The van der Waals surface area contributed by atoms with Crippen LogP contribution in [0.4, 0.5) is 0 Å². The molecule has 0 aliphatic carbocycles. The second-order valence-electron chi connectivity index (χ2n) is 3.80. The Labute approximate surface area is 102 Å². The van der Waals surface area contributed by atoms with Crippen molar-refractivity contribution in [3.63, 3.8) is 0 Å². The molecule has 84 valence electrons. The fraction of sp³-hybridized carbons (Fsp3) is 0.600. The number of carbonyl (C=O) groups excluding carboxylic acids is 1. The highest BCUT2D eigenvalue weighted by Gasteiger charge is 2.10. The van der Waals surface area contributed by atoms with Crippen LogP contribution in [0, 0.1) is 5.92 Å². The minimum absolute atomic E-state index is 0.0364. The summed E-state index contributed by atoms with van der Waals surface area (Å²) >= 11 is 4.90. The van der Waals surface area contributed by atoms with E-state index in [1.165, 1.54) is 11.3 Å². The minimum atomic E-state index is -0.0364. The van der Waals surface area contributed by atoms with Gasteiger partial charge in [0, 0.05) is 11.4 Å². The molecule has 0 saturated heterocycles. The molecule has 1 aromatic rings. The quantitative estimate of drug-likeness (QED) is 0.847. The maximum absolute atomic E-state index is 11.5. The Morgan fingerprint density at radius 3 is 2.93 bits per heavy atom. The molecular formula is C10H15BrN2OS. The van der Waals surface area contributed by atoms with Crippen LogP contribution in [0.2, 0.25) is 0 Å². The van der Waals surface area contributed by atoms with Crippen molar-refractivity contribution in [1.29, 1.82) is 0 Å². The van der Waals surface area contributed by atoms with E-state index in [1.807, 2.05) is 0 Å². The first kappa shape index (κ1) is 12.6. The van der Waals surface area contributed by atoms with Gasteiger partial charge in [0.25, 0.3) is 5.91 Å². The molecule has 0 aliphatic heterocycles. The standard InChI is InChI=1S/C10H15BrN2OS/c1-7(2)3-8(11)4-13-10(14)9-5-12-6-15-9/h5-8H,3-4H2,1-2H3,(H,13,14). The zero-order valence-electron chi connectivity index (χ0n) is 8.87. The molecule has 0 bridgehead atoms. The molecular weight excluding hydrogens is 276 g/mol. The van der Waals surface area contributed by atoms with Crippen molar-refractivity contribution in [1.82, 2.24) is 10.3 Å². The highest BCUT2D eigenvalue weighted by atomic mass is 79.9. The summed E-state index contributed by atoms with van der Waals surface area (Å²) in [7, 11) is 0. The van der Waals surface area contributed by atoms with Gasteiger partial charge in [-0.2, -0.15) is 0 Å². The summed E-state index contributed by atoms with van der Waals surface area (Å²) in [5.74, 6) is 0.598. The van der Waals surface area contributed by atoms with Gasteiger partial charge in [0.05, 0.1) is 11.7 Å². The van der Waals surface area contributed by atoms with E-state index < -0.39 is 0 Å². The number of rotatable bonds is 5. The van der Waals surface area contributed by atoms with Gasteiger partial charge in [-0.25, -0.2) is 0 Å². The molecule has 1 amide bonds. The molecule has 0 aliphatic rings. The summed E-state index contributed by atoms with van der Waals surface area (Å²) in [6.45, 7) is 4.99. The van der Waals surface area contributed by atoms with Gasteiger partial charge < -0.3 is 5.32 Å². The molecule has 0 radical (unpaired) electrons. The van der Waals surface area contributed by atoms with E-state index in [1.54, 1.807) is 11.7 Å². The molecule has 0 aromatic carbocycles.